The molecular weight excluding hydrogens is 318 g/mol. The predicted octanol–water partition coefficient (Wildman–Crippen LogP) is 4.28. The molecule has 1 aliphatic heterocycles. The summed E-state index contributed by atoms with van der Waals surface area (Å²) in [6.45, 7) is 4.81. The van der Waals surface area contributed by atoms with Crippen LogP contribution in [-0.2, 0) is 4.79 Å². The third-order valence-electron chi connectivity index (χ3n) is 4.65. The lowest BCUT2D eigenvalue weighted by molar-refractivity contribution is -0.118. The Kier molecular flexibility index (Phi) is 3.53. The maximum absolute atomic E-state index is 11.4. The molecule has 0 aromatic heterocycles. The van der Waals surface area contributed by atoms with Gasteiger partial charge >= 0.3 is 0 Å². The van der Waals surface area contributed by atoms with Gasteiger partial charge in [-0.1, -0.05) is 42.3 Å². The van der Waals surface area contributed by atoms with Crippen molar-refractivity contribution in [1.29, 1.82) is 0 Å². The van der Waals surface area contributed by atoms with E-state index in [1.807, 2.05) is 12.1 Å². The van der Waals surface area contributed by atoms with Crippen LogP contribution >= 0.6 is 15.9 Å². The van der Waals surface area contributed by atoms with E-state index in [0.29, 0.717) is 16.2 Å². The first-order chi connectivity index (χ1) is 9.47. The number of amides is 1. The SMILES string of the molecule is CC1(C)CCCC1C(Br)c1ccc2c(c1)NC(=O)CO2. The lowest BCUT2D eigenvalue weighted by Gasteiger charge is -2.32. The third kappa shape index (κ3) is 2.46. The number of alkyl halides is 1. The molecule has 1 aromatic carbocycles. The summed E-state index contributed by atoms with van der Waals surface area (Å²) in [7, 11) is 0. The Labute approximate surface area is 128 Å². The van der Waals surface area contributed by atoms with Crippen molar-refractivity contribution in [3.8, 4) is 5.75 Å². The van der Waals surface area contributed by atoms with Crippen LogP contribution in [0.2, 0.25) is 0 Å². The highest BCUT2D eigenvalue weighted by molar-refractivity contribution is 9.09. The molecule has 1 heterocycles. The van der Waals surface area contributed by atoms with Crippen molar-refractivity contribution in [2.24, 2.45) is 11.3 Å². The molecule has 1 N–H and O–H groups in total. The molecular formula is C16H20BrNO2. The Morgan fingerprint density at radius 1 is 1.45 bits per heavy atom. The van der Waals surface area contributed by atoms with Crippen LogP contribution in [0.15, 0.2) is 18.2 Å². The van der Waals surface area contributed by atoms with Crippen LogP contribution in [0.3, 0.4) is 0 Å². The number of halogens is 1. The van der Waals surface area contributed by atoms with Crippen molar-refractivity contribution in [1.82, 2.24) is 0 Å². The lowest BCUT2D eigenvalue weighted by Crippen LogP contribution is -2.26. The zero-order chi connectivity index (χ0) is 14.3. The number of carbonyl (C=O) groups excluding carboxylic acids is 1. The first-order valence-corrected chi connectivity index (χ1v) is 8.09. The summed E-state index contributed by atoms with van der Waals surface area (Å²) >= 11 is 3.88. The van der Waals surface area contributed by atoms with E-state index in [-0.39, 0.29) is 12.5 Å². The van der Waals surface area contributed by atoms with Gasteiger partial charge in [0.05, 0.1) is 5.69 Å². The summed E-state index contributed by atoms with van der Waals surface area (Å²) in [5.41, 5.74) is 2.37. The number of fused-ring (bicyclic) bond motifs is 1. The Morgan fingerprint density at radius 2 is 2.25 bits per heavy atom. The van der Waals surface area contributed by atoms with Crippen molar-refractivity contribution in [2.45, 2.75) is 37.9 Å². The molecule has 1 fully saturated rings. The molecule has 0 spiro atoms. The quantitative estimate of drug-likeness (QED) is 0.818. The number of hydrogen-bond acceptors (Lipinski definition) is 2. The smallest absolute Gasteiger partial charge is 0.262 e. The largest absolute Gasteiger partial charge is 0.482 e. The Balaban J connectivity index is 1.87. The molecule has 2 unspecified atom stereocenters. The van der Waals surface area contributed by atoms with Gasteiger partial charge in [0.1, 0.15) is 5.75 Å². The monoisotopic (exact) mass is 337 g/mol. The molecule has 4 heteroatoms. The second-order valence-corrected chi connectivity index (χ2v) is 7.47. The van der Waals surface area contributed by atoms with Crippen LogP contribution < -0.4 is 10.1 Å². The number of rotatable bonds is 2. The topological polar surface area (TPSA) is 38.3 Å². The molecule has 3 rings (SSSR count). The van der Waals surface area contributed by atoms with Crippen LogP contribution in [-0.4, -0.2) is 12.5 Å². The number of anilines is 1. The summed E-state index contributed by atoms with van der Waals surface area (Å²) in [6, 6.07) is 6.10. The van der Waals surface area contributed by atoms with E-state index < -0.39 is 0 Å². The summed E-state index contributed by atoms with van der Waals surface area (Å²) < 4.78 is 5.41. The minimum absolute atomic E-state index is 0.0815. The number of ether oxygens (including phenoxy) is 1. The van der Waals surface area contributed by atoms with E-state index in [1.54, 1.807) is 0 Å². The van der Waals surface area contributed by atoms with Gasteiger partial charge in [-0.15, -0.1) is 0 Å². The van der Waals surface area contributed by atoms with E-state index in [1.165, 1.54) is 24.8 Å². The third-order valence-corrected chi connectivity index (χ3v) is 5.82. The van der Waals surface area contributed by atoms with Gasteiger partial charge in [0.2, 0.25) is 0 Å². The van der Waals surface area contributed by atoms with Gasteiger partial charge in [-0.2, -0.15) is 0 Å². The van der Waals surface area contributed by atoms with Gasteiger partial charge < -0.3 is 10.1 Å². The van der Waals surface area contributed by atoms with Crippen molar-refractivity contribution >= 4 is 27.5 Å². The highest BCUT2D eigenvalue weighted by atomic mass is 79.9. The summed E-state index contributed by atoms with van der Waals surface area (Å²) in [5, 5.41) is 2.88. The van der Waals surface area contributed by atoms with Gasteiger partial charge in [-0.3, -0.25) is 4.79 Å². The normalized spacial score (nSPS) is 25.6. The van der Waals surface area contributed by atoms with Gasteiger partial charge in [0, 0.05) is 4.83 Å². The molecule has 1 saturated carbocycles. The van der Waals surface area contributed by atoms with E-state index in [2.05, 4.69) is 41.2 Å². The zero-order valence-corrected chi connectivity index (χ0v) is 13.5. The molecule has 2 atom stereocenters. The molecule has 0 saturated heterocycles. The fourth-order valence-electron chi connectivity index (χ4n) is 3.40. The fourth-order valence-corrected chi connectivity index (χ4v) is 4.67. The summed E-state index contributed by atoms with van der Waals surface area (Å²) in [5.74, 6) is 1.31. The highest BCUT2D eigenvalue weighted by Gasteiger charge is 2.39. The second-order valence-electron chi connectivity index (χ2n) is 6.48. The Morgan fingerprint density at radius 3 is 2.95 bits per heavy atom. The molecule has 1 amide bonds. The van der Waals surface area contributed by atoms with E-state index in [9.17, 15) is 4.79 Å². The molecule has 3 nitrogen and oxygen atoms in total. The van der Waals surface area contributed by atoms with Gasteiger partial charge in [-0.05, 0) is 41.9 Å². The highest BCUT2D eigenvalue weighted by Crippen LogP contribution is 2.52. The van der Waals surface area contributed by atoms with Gasteiger partial charge in [0.15, 0.2) is 6.61 Å². The lowest BCUT2D eigenvalue weighted by atomic mass is 9.78. The van der Waals surface area contributed by atoms with Crippen molar-refractivity contribution < 1.29 is 9.53 Å². The number of hydrogen-bond donors (Lipinski definition) is 1. The molecule has 108 valence electrons. The average Bonchev–Trinajstić information content (AvgIpc) is 2.76. The first-order valence-electron chi connectivity index (χ1n) is 7.18. The number of carbonyl (C=O) groups is 1. The molecule has 0 radical (unpaired) electrons. The van der Waals surface area contributed by atoms with Crippen LogP contribution in [0.4, 0.5) is 5.69 Å². The maximum Gasteiger partial charge on any atom is 0.262 e. The van der Waals surface area contributed by atoms with Gasteiger partial charge in [-0.25, -0.2) is 0 Å². The standard InChI is InChI=1S/C16H20BrNO2/c1-16(2)7-3-4-11(16)15(17)10-5-6-13-12(8-10)18-14(19)9-20-13/h5-6,8,11,15H,3-4,7,9H2,1-2H3,(H,18,19). The van der Waals surface area contributed by atoms with E-state index in [4.69, 9.17) is 4.74 Å². The van der Waals surface area contributed by atoms with Crippen LogP contribution in [0, 0.1) is 11.3 Å². The second kappa shape index (κ2) is 5.06. The minimum Gasteiger partial charge on any atom is -0.482 e. The van der Waals surface area contributed by atoms with Crippen molar-refractivity contribution in [2.75, 3.05) is 11.9 Å². The first kappa shape index (κ1) is 13.9. The number of nitrogens with one attached hydrogen (secondary N) is 1. The zero-order valence-electron chi connectivity index (χ0n) is 11.9. The average molecular weight is 338 g/mol. The van der Waals surface area contributed by atoms with Gasteiger partial charge in [0.25, 0.3) is 5.91 Å². The van der Waals surface area contributed by atoms with Crippen LogP contribution in [0.1, 0.15) is 43.5 Å². The number of benzene rings is 1. The van der Waals surface area contributed by atoms with E-state index in [0.717, 1.165) is 11.4 Å². The predicted molar refractivity (Wildman–Crippen MR) is 83.4 cm³/mol. The maximum atomic E-state index is 11.4. The van der Waals surface area contributed by atoms with Crippen LogP contribution in [0.5, 0.6) is 5.75 Å². The minimum atomic E-state index is -0.0815. The molecule has 0 bridgehead atoms. The Hall–Kier alpha value is -1.03. The summed E-state index contributed by atoms with van der Waals surface area (Å²) in [6.07, 6.45) is 3.83. The van der Waals surface area contributed by atoms with E-state index >= 15 is 0 Å². The molecule has 2 aliphatic rings. The van der Waals surface area contributed by atoms with Crippen molar-refractivity contribution in [3.05, 3.63) is 23.8 Å². The molecule has 1 aliphatic carbocycles. The summed E-state index contributed by atoms with van der Waals surface area (Å²) in [4.78, 5) is 11.7. The molecule has 1 aromatic rings. The van der Waals surface area contributed by atoms with Crippen LogP contribution in [0.25, 0.3) is 0 Å². The fraction of sp³-hybridized carbons (Fsp3) is 0.562. The Bertz CT molecular complexity index is 541. The molecule has 20 heavy (non-hydrogen) atoms. The van der Waals surface area contributed by atoms with Crippen molar-refractivity contribution in [3.63, 3.8) is 0 Å².